The maximum atomic E-state index is 14.0. The highest BCUT2D eigenvalue weighted by Crippen LogP contribution is 2.44. The third-order valence-corrected chi connectivity index (χ3v) is 5.45. The zero-order valence-electron chi connectivity index (χ0n) is 17.8. The van der Waals surface area contributed by atoms with Crippen molar-refractivity contribution >= 4 is 11.9 Å². The third kappa shape index (κ3) is 3.47. The number of alkyl halides is 1. The van der Waals surface area contributed by atoms with Crippen LogP contribution in [0.15, 0.2) is 65.9 Å². The number of hydrogen-bond acceptors (Lipinski definition) is 5. The van der Waals surface area contributed by atoms with Gasteiger partial charge in [-0.3, -0.25) is 14.7 Å². The van der Waals surface area contributed by atoms with Crippen LogP contribution in [0.5, 0.6) is 5.75 Å². The van der Waals surface area contributed by atoms with Crippen LogP contribution in [-0.2, 0) is 10.3 Å². The number of aliphatic imine (C=N–C) groups is 1. The fourth-order valence-corrected chi connectivity index (χ4v) is 3.95. The summed E-state index contributed by atoms with van der Waals surface area (Å²) in [6, 6.07) is 13.5. The number of nitrogens with two attached hydrogens (primary N) is 1. The predicted molar refractivity (Wildman–Crippen MR) is 117 cm³/mol. The second-order valence-corrected chi connectivity index (χ2v) is 7.62. The Labute approximate surface area is 184 Å². The Hall–Kier alpha value is -3.81. The van der Waals surface area contributed by atoms with Gasteiger partial charge < -0.3 is 10.5 Å². The van der Waals surface area contributed by atoms with Gasteiger partial charge in [0.05, 0.1) is 6.20 Å². The van der Waals surface area contributed by atoms with E-state index in [4.69, 9.17) is 10.5 Å². The Balaban J connectivity index is 1.98. The Morgan fingerprint density at radius 1 is 1.16 bits per heavy atom. The summed E-state index contributed by atoms with van der Waals surface area (Å²) in [7, 11) is 1.55. The Kier molecular flexibility index (Phi) is 5.38. The van der Waals surface area contributed by atoms with E-state index in [0.29, 0.717) is 33.6 Å². The third-order valence-electron chi connectivity index (χ3n) is 5.45. The molecule has 0 fully saturated rings. The number of guanidine groups is 1. The number of hydrogen-bond donors (Lipinski definition) is 1. The van der Waals surface area contributed by atoms with E-state index >= 15 is 0 Å². The van der Waals surface area contributed by atoms with Gasteiger partial charge in [0.2, 0.25) is 6.36 Å². The highest BCUT2D eigenvalue weighted by molar-refractivity contribution is 6.09. The minimum atomic E-state index is -1.51. The van der Waals surface area contributed by atoms with Crippen LogP contribution in [0.4, 0.5) is 8.78 Å². The quantitative estimate of drug-likeness (QED) is 0.657. The number of benzene rings is 2. The summed E-state index contributed by atoms with van der Waals surface area (Å²) in [5.41, 5.74) is 7.35. The van der Waals surface area contributed by atoms with Crippen molar-refractivity contribution in [1.29, 1.82) is 0 Å². The normalized spacial score (nSPS) is 19.1. The first-order valence-electron chi connectivity index (χ1n) is 10.00. The first kappa shape index (κ1) is 21.4. The number of nitrogens with zero attached hydrogens (tertiary/aromatic N) is 3. The van der Waals surface area contributed by atoms with Crippen molar-refractivity contribution in [3.63, 3.8) is 0 Å². The van der Waals surface area contributed by atoms with Crippen LogP contribution in [0.2, 0.25) is 0 Å². The molecule has 0 saturated heterocycles. The largest absolute Gasteiger partial charge is 0.460 e. The first-order chi connectivity index (χ1) is 15.2. The van der Waals surface area contributed by atoms with Gasteiger partial charge in [0.1, 0.15) is 11.6 Å². The molecule has 164 valence electrons. The van der Waals surface area contributed by atoms with Crippen molar-refractivity contribution in [3.8, 4) is 16.9 Å². The molecule has 1 aliphatic rings. The maximum absolute atomic E-state index is 14.0. The molecule has 0 aliphatic carbocycles. The maximum Gasteiger partial charge on any atom is 0.266 e. The topological polar surface area (TPSA) is 80.8 Å². The molecule has 2 heterocycles. The average Bonchev–Trinajstić information content (AvgIpc) is 2.99. The van der Waals surface area contributed by atoms with Crippen molar-refractivity contribution in [1.82, 2.24) is 9.88 Å². The van der Waals surface area contributed by atoms with E-state index in [2.05, 4.69) is 9.98 Å². The number of pyridine rings is 1. The van der Waals surface area contributed by atoms with Crippen LogP contribution in [-0.4, -0.2) is 35.2 Å². The molecule has 6 nitrogen and oxygen atoms in total. The molecular weight excluding hydrogens is 414 g/mol. The molecule has 0 saturated carbocycles. The molecule has 2 unspecified atom stereocenters. The van der Waals surface area contributed by atoms with E-state index in [-0.39, 0.29) is 11.9 Å². The van der Waals surface area contributed by atoms with Gasteiger partial charge in [-0.15, -0.1) is 0 Å². The van der Waals surface area contributed by atoms with Crippen molar-refractivity contribution in [3.05, 3.63) is 83.4 Å². The van der Waals surface area contributed by atoms with Gasteiger partial charge in [-0.1, -0.05) is 30.3 Å². The minimum Gasteiger partial charge on any atom is -0.460 e. The SMILES string of the molecule is Cc1cc(C2(c3ccccc3-c3cncc(F)c3)N=C(N)N(C)C2=O)ccc1OC(C)F. The summed E-state index contributed by atoms with van der Waals surface area (Å²) in [4.78, 5) is 23.4. The molecule has 8 heteroatoms. The summed E-state index contributed by atoms with van der Waals surface area (Å²) in [6.07, 6.45) is 1.15. The van der Waals surface area contributed by atoms with Crippen LogP contribution in [0.25, 0.3) is 11.1 Å². The fourth-order valence-electron chi connectivity index (χ4n) is 3.95. The van der Waals surface area contributed by atoms with E-state index in [1.54, 1.807) is 56.4 Å². The number of ether oxygens (including phenoxy) is 1. The molecule has 1 aromatic heterocycles. The number of rotatable bonds is 5. The van der Waals surface area contributed by atoms with Gasteiger partial charge in [0.15, 0.2) is 11.5 Å². The predicted octanol–water partition coefficient (Wildman–Crippen LogP) is 3.92. The Bertz CT molecular complexity index is 1230. The number of amides is 1. The Morgan fingerprint density at radius 3 is 2.53 bits per heavy atom. The highest BCUT2D eigenvalue weighted by atomic mass is 19.1. The highest BCUT2D eigenvalue weighted by Gasteiger charge is 2.50. The lowest BCUT2D eigenvalue weighted by molar-refractivity contribution is -0.129. The van der Waals surface area contributed by atoms with E-state index in [1.165, 1.54) is 24.1 Å². The summed E-state index contributed by atoms with van der Waals surface area (Å²) < 4.78 is 32.5. The van der Waals surface area contributed by atoms with E-state index < -0.39 is 17.7 Å². The molecule has 3 aromatic rings. The fraction of sp³-hybridized carbons (Fsp3) is 0.208. The standard InChI is InChI=1S/C24H22F2N4O2/c1-14-10-17(8-9-21(14)32-15(2)25)24(22(31)30(3)23(27)29-24)20-7-5-4-6-19(20)16-11-18(26)13-28-12-16/h4-13,15H,1-3H3,(H2,27,29). The molecule has 2 N–H and O–H groups in total. The second kappa shape index (κ2) is 8.03. The van der Waals surface area contributed by atoms with Crippen LogP contribution in [0.3, 0.4) is 0 Å². The molecule has 32 heavy (non-hydrogen) atoms. The van der Waals surface area contributed by atoms with Crippen LogP contribution < -0.4 is 10.5 Å². The van der Waals surface area contributed by atoms with Crippen LogP contribution in [0.1, 0.15) is 23.6 Å². The minimum absolute atomic E-state index is 0.0533. The molecule has 1 aliphatic heterocycles. The molecule has 1 amide bonds. The second-order valence-electron chi connectivity index (χ2n) is 7.62. The summed E-state index contributed by atoms with van der Waals surface area (Å²) in [5, 5.41) is 0. The van der Waals surface area contributed by atoms with Crippen LogP contribution in [0, 0.1) is 12.7 Å². The van der Waals surface area contributed by atoms with Gasteiger partial charge in [-0.25, -0.2) is 13.8 Å². The monoisotopic (exact) mass is 436 g/mol. The number of likely N-dealkylation sites (N-methyl/N-ethyl adjacent to an activating group) is 1. The number of halogens is 2. The van der Waals surface area contributed by atoms with Gasteiger partial charge in [-0.2, -0.15) is 0 Å². The van der Waals surface area contributed by atoms with E-state index in [9.17, 15) is 13.6 Å². The number of carbonyl (C=O) groups excluding carboxylic acids is 1. The van der Waals surface area contributed by atoms with Gasteiger partial charge in [-0.05, 0) is 41.8 Å². The molecule has 4 rings (SSSR count). The van der Waals surface area contributed by atoms with Gasteiger partial charge in [0, 0.05) is 31.3 Å². The lowest BCUT2D eigenvalue weighted by atomic mass is 9.78. The average molecular weight is 436 g/mol. The van der Waals surface area contributed by atoms with Crippen LogP contribution >= 0.6 is 0 Å². The van der Waals surface area contributed by atoms with Crippen molar-refractivity contribution in [2.24, 2.45) is 10.7 Å². The van der Waals surface area contributed by atoms with Crippen molar-refractivity contribution in [2.75, 3.05) is 7.05 Å². The molecule has 2 atom stereocenters. The number of aromatic nitrogens is 1. The number of aryl methyl sites for hydroxylation is 1. The smallest absolute Gasteiger partial charge is 0.266 e. The molecule has 0 spiro atoms. The van der Waals surface area contributed by atoms with E-state index in [1.807, 2.05) is 0 Å². The lowest BCUT2D eigenvalue weighted by Gasteiger charge is -2.29. The first-order valence-corrected chi connectivity index (χ1v) is 10.00. The van der Waals surface area contributed by atoms with Crippen molar-refractivity contribution < 1.29 is 18.3 Å². The number of carbonyl (C=O) groups is 1. The zero-order chi connectivity index (χ0) is 23.0. The van der Waals surface area contributed by atoms with Gasteiger partial charge >= 0.3 is 0 Å². The molecule has 0 bridgehead atoms. The summed E-state index contributed by atoms with van der Waals surface area (Å²) in [5.74, 6) is -0.449. The summed E-state index contributed by atoms with van der Waals surface area (Å²) >= 11 is 0. The zero-order valence-corrected chi connectivity index (χ0v) is 17.8. The molecule has 0 radical (unpaired) electrons. The van der Waals surface area contributed by atoms with E-state index in [0.717, 1.165) is 6.20 Å². The molecule has 2 aromatic carbocycles. The van der Waals surface area contributed by atoms with Gasteiger partial charge in [0.25, 0.3) is 5.91 Å². The summed E-state index contributed by atoms with van der Waals surface area (Å²) in [6.45, 7) is 3.05. The van der Waals surface area contributed by atoms with Crippen molar-refractivity contribution in [2.45, 2.75) is 25.7 Å². The lowest BCUT2D eigenvalue weighted by Crippen LogP contribution is -2.41. The Morgan fingerprint density at radius 2 is 1.91 bits per heavy atom. The molecular formula is C24H22F2N4O2.